The van der Waals surface area contributed by atoms with Crippen LogP contribution in [0.2, 0.25) is 0 Å². The number of nitrogens with zero attached hydrogens (tertiary/aromatic N) is 1. The van der Waals surface area contributed by atoms with Gasteiger partial charge in [0.25, 0.3) is 5.91 Å². The number of methoxy groups -OCH3 is 4. The number of aromatic nitrogens is 2. The van der Waals surface area contributed by atoms with Gasteiger partial charge in [-0.1, -0.05) is 6.07 Å². The monoisotopic (exact) mass is 433 g/mol. The number of aromatic amines is 1. The van der Waals surface area contributed by atoms with Crippen LogP contribution < -0.4 is 24.3 Å². The molecule has 8 heteroatoms. The summed E-state index contributed by atoms with van der Waals surface area (Å²) >= 11 is 0. The fourth-order valence-corrected chi connectivity index (χ4v) is 3.48. The topological polar surface area (TPSA) is 94.7 Å². The van der Waals surface area contributed by atoms with E-state index in [4.69, 9.17) is 18.9 Å². The Kier molecular flexibility index (Phi) is 5.85. The van der Waals surface area contributed by atoms with E-state index in [-0.39, 0.29) is 5.91 Å². The van der Waals surface area contributed by atoms with Crippen LogP contribution in [-0.4, -0.2) is 44.5 Å². The molecule has 0 spiro atoms. The van der Waals surface area contributed by atoms with Crippen LogP contribution in [0.25, 0.3) is 22.0 Å². The number of H-pyrrole nitrogens is 1. The van der Waals surface area contributed by atoms with Crippen molar-refractivity contribution in [1.29, 1.82) is 0 Å². The summed E-state index contributed by atoms with van der Waals surface area (Å²) in [5, 5.41) is 10.9. The normalized spacial score (nSPS) is 10.6. The first-order chi connectivity index (χ1) is 15.6. The van der Waals surface area contributed by atoms with Gasteiger partial charge in [0.2, 0.25) is 0 Å². The summed E-state index contributed by atoms with van der Waals surface area (Å²) in [7, 11) is 6.29. The number of ether oxygens (including phenoxy) is 4. The molecular formula is C24H23N3O5. The Morgan fingerprint density at radius 3 is 2.19 bits per heavy atom. The van der Waals surface area contributed by atoms with Gasteiger partial charge < -0.3 is 24.3 Å². The van der Waals surface area contributed by atoms with Gasteiger partial charge in [0, 0.05) is 23.1 Å². The average Bonchev–Trinajstić information content (AvgIpc) is 3.24. The lowest BCUT2D eigenvalue weighted by molar-refractivity contribution is 0.102. The number of rotatable bonds is 7. The molecule has 0 fully saturated rings. The molecule has 0 aliphatic heterocycles. The van der Waals surface area contributed by atoms with Crippen LogP contribution in [0.15, 0.2) is 54.6 Å². The summed E-state index contributed by atoms with van der Waals surface area (Å²) in [5.41, 5.74) is 3.01. The lowest BCUT2D eigenvalue weighted by Gasteiger charge is -2.11. The van der Waals surface area contributed by atoms with Crippen molar-refractivity contribution in [2.75, 3.05) is 33.8 Å². The van der Waals surface area contributed by atoms with Gasteiger partial charge in [0.05, 0.1) is 39.5 Å². The third kappa shape index (κ3) is 3.90. The molecule has 0 saturated carbocycles. The van der Waals surface area contributed by atoms with Crippen molar-refractivity contribution in [3.8, 4) is 34.1 Å². The van der Waals surface area contributed by atoms with Gasteiger partial charge >= 0.3 is 0 Å². The average molecular weight is 433 g/mol. The van der Waals surface area contributed by atoms with Crippen LogP contribution in [0.1, 0.15) is 10.4 Å². The smallest absolute Gasteiger partial charge is 0.260 e. The Hall–Kier alpha value is -4.20. The first-order valence-corrected chi connectivity index (χ1v) is 9.81. The molecular weight excluding hydrogens is 410 g/mol. The predicted octanol–water partition coefficient (Wildman–Crippen LogP) is 4.52. The lowest BCUT2D eigenvalue weighted by atomic mass is 10.0. The first kappa shape index (κ1) is 21.0. The number of amides is 1. The SMILES string of the molecule is COc1ccc(C(=O)Nc2n[nH]c3cc(-c4ccc(OC)cc4OC)ccc23)c(OC)c1. The fourth-order valence-electron chi connectivity index (χ4n) is 3.48. The van der Waals surface area contributed by atoms with Gasteiger partial charge in [-0.25, -0.2) is 0 Å². The van der Waals surface area contributed by atoms with E-state index in [1.54, 1.807) is 39.5 Å². The largest absolute Gasteiger partial charge is 0.497 e. The van der Waals surface area contributed by atoms with Crippen LogP contribution in [0.3, 0.4) is 0 Å². The standard InChI is InChI=1S/C24H23N3O5/c1-29-15-6-9-17(21(12-15)31-3)14-5-8-18-20(11-14)26-27-23(18)25-24(28)19-10-7-16(30-2)13-22(19)32-4/h5-13H,1-4H3,(H2,25,26,27,28). The van der Waals surface area contributed by atoms with E-state index in [0.717, 1.165) is 22.0 Å². The van der Waals surface area contributed by atoms with Gasteiger partial charge in [-0.15, -0.1) is 0 Å². The Balaban J connectivity index is 1.64. The molecule has 4 rings (SSSR count). The van der Waals surface area contributed by atoms with Crippen molar-refractivity contribution in [3.05, 3.63) is 60.2 Å². The highest BCUT2D eigenvalue weighted by molar-refractivity contribution is 6.09. The Morgan fingerprint density at radius 2 is 1.50 bits per heavy atom. The minimum Gasteiger partial charge on any atom is -0.497 e. The highest BCUT2D eigenvalue weighted by Gasteiger charge is 2.17. The Labute approximate surface area is 185 Å². The molecule has 164 valence electrons. The van der Waals surface area contributed by atoms with Gasteiger partial charge in [-0.2, -0.15) is 5.10 Å². The van der Waals surface area contributed by atoms with Gasteiger partial charge in [0.15, 0.2) is 5.82 Å². The van der Waals surface area contributed by atoms with Crippen molar-refractivity contribution in [2.24, 2.45) is 0 Å². The zero-order chi connectivity index (χ0) is 22.7. The first-order valence-electron chi connectivity index (χ1n) is 9.81. The van der Waals surface area contributed by atoms with Gasteiger partial charge in [0.1, 0.15) is 23.0 Å². The van der Waals surface area contributed by atoms with E-state index in [9.17, 15) is 4.79 Å². The molecule has 32 heavy (non-hydrogen) atoms. The third-order valence-corrected chi connectivity index (χ3v) is 5.17. The second-order valence-electron chi connectivity index (χ2n) is 6.92. The van der Waals surface area contributed by atoms with Crippen LogP contribution in [0, 0.1) is 0 Å². The Morgan fingerprint density at radius 1 is 0.812 bits per heavy atom. The maximum Gasteiger partial charge on any atom is 0.260 e. The molecule has 0 unspecified atom stereocenters. The molecule has 0 aliphatic carbocycles. The number of carbonyl (C=O) groups excluding carboxylic acids is 1. The second kappa shape index (κ2) is 8.89. The fraction of sp³-hybridized carbons (Fsp3) is 0.167. The van der Waals surface area contributed by atoms with Crippen molar-refractivity contribution in [1.82, 2.24) is 10.2 Å². The number of fused-ring (bicyclic) bond motifs is 1. The van der Waals surface area contributed by atoms with E-state index in [0.29, 0.717) is 34.4 Å². The third-order valence-electron chi connectivity index (χ3n) is 5.17. The molecule has 0 bridgehead atoms. The summed E-state index contributed by atoms with van der Waals surface area (Å²) in [6, 6.07) is 16.5. The summed E-state index contributed by atoms with van der Waals surface area (Å²) < 4.78 is 21.3. The molecule has 3 aromatic carbocycles. The Bertz CT molecular complexity index is 1280. The minimum atomic E-state index is -0.334. The number of carbonyl (C=O) groups is 1. The van der Waals surface area contributed by atoms with Crippen LogP contribution in [-0.2, 0) is 0 Å². The molecule has 0 atom stereocenters. The maximum atomic E-state index is 12.9. The van der Waals surface area contributed by atoms with E-state index < -0.39 is 0 Å². The van der Waals surface area contributed by atoms with E-state index in [1.165, 1.54) is 7.11 Å². The van der Waals surface area contributed by atoms with E-state index >= 15 is 0 Å². The molecule has 2 N–H and O–H groups in total. The summed E-state index contributed by atoms with van der Waals surface area (Å²) in [5.74, 6) is 2.52. The molecule has 0 saturated heterocycles. The number of anilines is 1. The van der Waals surface area contributed by atoms with E-state index in [1.807, 2.05) is 36.4 Å². The summed E-state index contributed by atoms with van der Waals surface area (Å²) in [6.45, 7) is 0. The molecule has 0 radical (unpaired) electrons. The van der Waals surface area contributed by atoms with Crippen LogP contribution in [0.5, 0.6) is 23.0 Å². The molecule has 1 aromatic heterocycles. The zero-order valence-electron chi connectivity index (χ0n) is 18.2. The predicted molar refractivity (Wildman–Crippen MR) is 122 cm³/mol. The highest BCUT2D eigenvalue weighted by atomic mass is 16.5. The minimum absolute atomic E-state index is 0.334. The quantitative estimate of drug-likeness (QED) is 0.445. The summed E-state index contributed by atoms with van der Waals surface area (Å²) in [4.78, 5) is 12.9. The molecule has 8 nitrogen and oxygen atoms in total. The van der Waals surface area contributed by atoms with Gasteiger partial charge in [-0.05, 0) is 42.0 Å². The van der Waals surface area contributed by atoms with Crippen LogP contribution >= 0.6 is 0 Å². The van der Waals surface area contributed by atoms with Gasteiger partial charge in [-0.3, -0.25) is 9.89 Å². The molecule has 1 heterocycles. The number of nitrogens with one attached hydrogen (secondary N) is 2. The highest BCUT2D eigenvalue weighted by Crippen LogP contribution is 2.35. The van der Waals surface area contributed by atoms with Crippen molar-refractivity contribution in [2.45, 2.75) is 0 Å². The van der Waals surface area contributed by atoms with Crippen LogP contribution in [0.4, 0.5) is 5.82 Å². The second-order valence-corrected chi connectivity index (χ2v) is 6.92. The number of hydrogen-bond acceptors (Lipinski definition) is 6. The molecule has 0 aliphatic rings. The van der Waals surface area contributed by atoms with Crippen molar-refractivity contribution >= 4 is 22.6 Å². The lowest BCUT2D eigenvalue weighted by Crippen LogP contribution is -2.13. The molecule has 4 aromatic rings. The van der Waals surface area contributed by atoms with E-state index in [2.05, 4.69) is 15.5 Å². The zero-order valence-corrected chi connectivity index (χ0v) is 18.2. The van der Waals surface area contributed by atoms with Crippen molar-refractivity contribution < 1.29 is 23.7 Å². The number of benzene rings is 3. The maximum absolute atomic E-state index is 12.9. The summed E-state index contributed by atoms with van der Waals surface area (Å²) in [6.07, 6.45) is 0. The van der Waals surface area contributed by atoms with Crippen molar-refractivity contribution in [3.63, 3.8) is 0 Å². The number of hydrogen-bond donors (Lipinski definition) is 2. The molecule has 1 amide bonds.